The van der Waals surface area contributed by atoms with Crippen LogP contribution in [-0.4, -0.2) is 33.0 Å². The first kappa shape index (κ1) is 18.6. The van der Waals surface area contributed by atoms with Gasteiger partial charge in [-0.05, 0) is 30.9 Å². The normalized spacial score (nSPS) is 12.3. The Labute approximate surface area is 145 Å². The number of hydrogen-bond donors (Lipinski definition) is 3. The van der Waals surface area contributed by atoms with Crippen LogP contribution in [0.5, 0.6) is 0 Å². The van der Waals surface area contributed by atoms with Gasteiger partial charge in [-0.3, -0.25) is 9.59 Å². The van der Waals surface area contributed by atoms with E-state index in [9.17, 15) is 14.4 Å². The monoisotopic (exact) mass is 345 g/mol. The summed E-state index contributed by atoms with van der Waals surface area (Å²) in [6.07, 6.45) is 1.48. The minimum absolute atomic E-state index is 0.174. The van der Waals surface area contributed by atoms with Gasteiger partial charge in [0.25, 0.3) is 5.56 Å². The number of fused-ring (bicyclic) bond motifs is 1. The van der Waals surface area contributed by atoms with Crippen molar-refractivity contribution in [1.29, 1.82) is 0 Å². The van der Waals surface area contributed by atoms with Crippen LogP contribution in [0.2, 0.25) is 0 Å². The highest BCUT2D eigenvalue weighted by molar-refractivity contribution is 5.83. The predicted octanol–water partition coefficient (Wildman–Crippen LogP) is 1.86. The van der Waals surface area contributed by atoms with Gasteiger partial charge in [0.2, 0.25) is 5.91 Å². The molecule has 0 unspecified atom stereocenters. The van der Waals surface area contributed by atoms with Crippen molar-refractivity contribution in [2.75, 3.05) is 0 Å². The molecule has 0 bridgehead atoms. The number of benzene rings is 1. The molecule has 7 heteroatoms. The lowest BCUT2D eigenvalue weighted by atomic mass is 10.0. The summed E-state index contributed by atoms with van der Waals surface area (Å²) < 4.78 is 0. The molecule has 1 amide bonds. The van der Waals surface area contributed by atoms with Crippen LogP contribution in [0.25, 0.3) is 10.9 Å². The number of carboxylic acids is 1. The molecule has 1 heterocycles. The summed E-state index contributed by atoms with van der Waals surface area (Å²) in [4.78, 5) is 42.2. The number of carbonyl (C=O) groups is 2. The van der Waals surface area contributed by atoms with Crippen LogP contribution in [-0.2, 0) is 16.0 Å². The summed E-state index contributed by atoms with van der Waals surface area (Å²) in [7, 11) is 0. The molecule has 0 spiro atoms. The standard InChI is InChI=1S/C18H23N3O4/c1-11(2)10-14(18(24)25)20-16(22)9-5-8-15-19-13-7-4-3-6-12(13)17(23)21-15/h3-4,6-7,11,14H,5,8-10H2,1-2H3,(H,20,22)(H,24,25)(H,19,21,23)/t14-/m0/s1. The highest BCUT2D eigenvalue weighted by Crippen LogP contribution is 2.08. The van der Waals surface area contributed by atoms with Crippen molar-refractivity contribution < 1.29 is 14.7 Å². The lowest BCUT2D eigenvalue weighted by Crippen LogP contribution is -2.41. The van der Waals surface area contributed by atoms with E-state index in [1.54, 1.807) is 18.2 Å². The predicted molar refractivity (Wildman–Crippen MR) is 94.3 cm³/mol. The lowest BCUT2D eigenvalue weighted by molar-refractivity contribution is -0.142. The van der Waals surface area contributed by atoms with E-state index in [0.29, 0.717) is 36.0 Å². The summed E-state index contributed by atoms with van der Waals surface area (Å²) in [5.41, 5.74) is 0.418. The van der Waals surface area contributed by atoms with Crippen molar-refractivity contribution in [2.45, 2.75) is 45.6 Å². The topological polar surface area (TPSA) is 112 Å². The van der Waals surface area contributed by atoms with E-state index in [-0.39, 0.29) is 23.8 Å². The van der Waals surface area contributed by atoms with Crippen molar-refractivity contribution in [1.82, 2.24) is 15.3 Å². The minimum Gasteiger partial charge on any atom is -0.480 e. The largest absolute Gasteiger partial charge is 0.480 e. The highest BCUT2D eigenvalue weighted by Gasteiger charge is 2.20. The Morgan fingerprint density at radius 2 is 2.00 bits per heavy atom. The Kier molecular flexibility index (Phi) is 6.27. The number of nitrogens with zero attached hydrogens (tertiary/aromatic N) is 1. The van der Waals surface area contributed by atoms with E-state index < -0.39 is 12.0 Å². The van der Waals surface area contributed by atoms with Crippen molar-refractivity contribution in [3.8, 4) is 0 Å². The first-order valence-electron chi connectivity index (χ1n) is 8.37. The van der Waals surface area contributed by atoms with Crippen LogP contribution in [0.4, 0.5) is 0 Å². The maximum Gasteiger partial charge on any atom is 0.326 e. The average Bonchev–Trinajstić information content (AvgIpc) is 2.54. The van der Waals surface area contributed by atoms with Crippen molar-refractivity contribution in [3.05, 3.63) is 40.4 Å². The molecule has 0 aliphatic rings. The molecule has 0 aliphatic carbocycles. The van der Waals surface area contributed by atoms with Gasteiger partial charge in [-0.15, -0.1) is 0 Å². The quantitative estimate of drug-likeness (QED) is 0.676. The fraction of sp³-hybridized carbons (Fsp3) is 0.444. The number of H-pyrrole nitrogens is 1. The third-order valence-corrected chi connectivity index (χ3v) is 3.82. The number of hydrogen-bond acceptors (Lipinski definition) is 4. The lowest BCUT2D eigenvalue weighted by Gasteiger charge is -2.16. The van der Waals surface area contributed by atoms with Gasteiger partial charge in [-0.2, -0.15) is 0 Å². The second-order valence-corrected chi connectivity index (χ2v) is 6.47. The Morgan fingerprint density at radius 1 is 1.28 bits per heavy atom. The number of amides is 1. The van der Waals surface area contributed by atoms with Crippen LogP contribution in [0.1, 0.15) is 38.9 Å². The van der Waals surface area contributed by atoms with Crippen LogP contribution in [0.3, 0.4) is 0 Å². The number of aromatic nitrogens is 2. The number of rotatable bonds is 8. The molecule has 1 aromatic carbocycles. The second kappa shape index (κ2) is 8.41. The van der Waals surface area contributed by atoms with Gasteiger partial charge in [-0.25, -0.2) is 9.78 Å². The van der Waals surface area contributed by atoms with Gasteiger partial charge in [0.15, 0.2) is 0 Å². The molecular formula is C18H23N3O4. The van der Waals surface area contributed by atoms with Crippen molar-refractivity contribution in [3.63, 3.8) is 0 Å². The van der Waals surface area contributed by atoms with Crippen LogP contribution >= 0.6 is 0 Å². The first-order chi connectivity index (χ1) is 11.9. The average molecular weight is 345 g/mol. The smallest absolute Gasteiger partial charge is 0.326 e. The van der Waals surface area contributed by atoms with Gasteiger partial charge in [-0.1, -0.05) is 26.0 Å². The van der Waals surface area contributed by atoms with Crippen LogP contribution in [0, 0.1) is 5.92 Å². The van der Waals surface area contributed by atoms with Gasteiger partial charge in [0.05, 0.1) is 10.9 Å². The molecule has 7 nitrogen and oxygen atoms in total. The molecule has 2 rings (SSSR count). The first-order valence-corrected chi connectivity index (χ1v) is 8.37. The Morgan fingerprint density at radius 3 is 2.68 bits per heavy atom. The summed E-state index contributed by atoms with van der Waals surface area (Å²) >= 11 is 0. The van der Waals surface area contributed by atoms with Gasteiger partial charge >= 0.3 is 5.97 Å². The minimum atomic E-state index is -1.03. The summed E-state index contributed by atoms with van der Waals surface area (Å²) in [5.74, 6) is -0.638. The summed E-state index contributed by atoms with van der Waals surface area (Å²) in [6, 6.07) is 6.20. The SMILES string of the molecule is CC(C)C[C@H](NC(=O)CCCc1nc2ccccc2c(=O)[nH]1)C(=O)O. The summed E-state index contributed by atoms with van der Waals surface area (Å²) in [5, 5.41) is 12.2. The van der Waals surface area contributed by atoms with Gasteiger partial charge in [0.1, 0.15) is 11.9 Å². The highest BCUT2D eigenvalue weighted by atomic mass is 16.4. The molecule has 1 atom stereocenters. The maximum absolute atomic E-state index is 12.0. The maximum atomic E-state index is 12.0. The summed E-state index contributed by atoms with van der Waals surface area (Å²) in [6.45, 7) is 3.81. The van der Waals surface area contributed by atoms with Crippen LogP contribution in [0.15, 0.2) is 29.1 Å². The van der Waals surface area contributed by atoms with Gasteiger partial charge < -0.3 is 15.4 Å². The molecule has 134 valence electrons. The zero-order valence-electron chi connectivity index (χ0n) is 14.4. The Hall–Kier alpha value is -2.70. The van der Waals surface area contributed by atoms with E-state index in [2.05, 4.69) is 15.3 Å². The molecule has 0 saturated heterocycles. The third-order valence-electron chi connectivity index (χ3n) is 3.82. The Bertz CT molecular complexity index is 813. The molecule has 0 radical (unpaired) electrons. The molecule has 3 N–H and O–H groups in total. The fourth-order valence-corrected chi connectivity index (χ4v) is 2.63. The fourth-order valence-electron chi connectivity index (χ4n) is 2.63. The van der Waals surface area contributed by atoms with E-state index in [4.69, 9.17) is 5.11 Å². The number of para-hydroxylation sites is 1. The van der Waals surface area contributed by atoms with E-state index >= 15 is 0 Å². The van der Waals surface area contributed by atoms with Gasteiger partial charge in [0, 0.05) is 12.8 Å². The molecule has 25 heavy (non-hydrogen) atoms. The van der Waals surface area contributed by atoms with E-state index in [1.165, 1.54) is 0 Å². The zero-order chi connectivity index (χ0) is 18.4. The molecule has 0 fully saturated rings. The molecule has 0 saturated carbocycles. The third kappa shape index (κ3) is 5.41. The van der Waals surface area contributed by atoms with E-state index in [1.807, 2.05) is 19.9 Å². The van der Waals surface area contributed by atoms with Crippen LogP contribution < -0.4 is 10.9 Å². The number of carboxylic acid groups (broad SMARTS) is 1. The van der Waals surface area contributed by atoms with Crippen molar-refractivity contribution in [2.24, 2.45) is 5.92 Å². The second-order valence-electron chi connectivity index (χ2n) is 6.47. The number of aryl methyl sites for hydroxylation is 1. The molecular weight excluding hydrogens is 322 g/mol. The zero-order valence-corrected chi connectivity index (χ0v) is 14.4. The number of carbonyl (C=O) groups excluding carboxylic acids is 1. The molecule has 2 aromatic rings. The van der Waals surface area contributed by atoms with E-state index in [0.717, 1.165) is 0 Å². The number of aromatic amines is 1. The molecule has 0 aliphatic heterocycles. The Balaban J connectivity index is 1.90. The number of aliphatic carboxylic acids is 1. The molecule has 1 aromatic heterocycles. The number of nitrogens with one attached hydrogen (secondary N) is 2. The van der Waals surface area contributed by atoms with Crippen molar-refractivity contribution >= 4 is 22.8 Å².